The summed E-state index contributed by atoms with van der Waals surface area (Å²) in [6.45, 7) is 0.373. The van der Waals surface area contributed by atoms with E-state index in [1.807, 2.05) is 0 Å². The lowest BCUT2D eigenvalue weighted by Gasteiger charge is -2.28. The zero-order valence-corrected chi connectivity index (χ0v) is 11.2. The van der Waals surface area contributed by atoms with Crippen LogP contribution in [0.2, 0.25) is 5.15 Å². The normalized spacial score (nSPS) is 21.5. The fourth-order valence-electron chi connectivity index (χ4n) is 2.38. The van der Waals surface area contributed by atoms with Gasteiger partial charge in [0, 0.05) is 6.54 Å². The van der Waals surface area contributed by atoms with Crippen molar-refractivity contribution in [3.63, 3.8) is 0 Å². The molecule has 0 spiro atoms. The SMILES string of the molecule is O=C1N=NC=C(N2Cc3ccc(Cl)nc3C2)C1C(F)(F)F. The first-order chi connectivity index (χ1) is 9.86. The van der Waals surface area contributed by atoms with Crippen LogP contribution in [0.1, 0.15) is 11.3 Å². The molecule has 3 heterocycles. The molecule has 0 aliphatic carbocycles. The summed E-state index contributed by atoms with van der Waals surface area (Å²) in [5, 5.41) is 6.62. The minimum absolute atomic E-state index is 0.150. The monoisotopic (exact) mass is 316 g/mol. The molecule has 5 nitrogen and oxygen atoms in total. The van der Waals surface area contributed by atoms with Crippen molar-refractivity contribution in [2.45, 2.75) is 19.3 Å². The van der Waals surface area contributed by atoms with Gasteiger partial charge < -0.3 is 4.90 Å². The lowest BCUT2D eigenvalue weighted by atomic mass is 10.0. The van der Waals surface area contributed by atoms with Crippen LogP contribution in [0, 0.1) is 5.92 Å². The van der Waals surface area contributed by atoms with Gasteiger partial charge in [-0.1, -0.05) is 17.7 Å². The van der Waals surface area contributed by atoms with E-state index in [-0.39, 0.29) is 23.9 Å². The number of pyridine rings is 1. The molecule has 0 fully saturated rings. The number of carbonyl (C=O) groups is 1. The Labute approximate surface area is 122 Å². The Morgan fingerprint density at radius 3 is 2.76 bits per heavy atom. The number of aromatic nitrogens is 1. The number of nitrogens with zero attached hydrogens (tertiary/aromatic N) is 4. The third-order valence-corrected chi connectivity index (χ3v) is 3.53. The molecule has 110 valence electrons. The number of fused-ring (bicyclic) bond motifs is 1. The average molecular weight is 317 g/mol. The number of hydrogen-bond donors (Lipinski definition) is 0. The van der Waals surface area contributed by atoms with E-state index >= 15 is 0 Å². The van der Waals surface area contributed by atoms with Crippen LogP contribution in [0.4, 0.5) is 13.2 Å². The lowest BCUT2D eigenvalue weighted by molar-refractivity contribution is -0.177. The molecule has 21 heavy (non-hydrogen) atoms. The molecule has 1 aromatic heterocycles. The molecule has 0 saturated heterocycles. The minimum atomic E-state index is -4.71. The molecule has 1 unspecified atom stereocenters. The van der Waals surface area contributed by atoms with Gasteiger partial charge in [-0.05, 0) is 11.6 Å². The average Bonchev–Trinajstić information content (AvgIpc) is 2.79. The van der Waals surface area contributed by atoms with Gasteiger partial charge in [0.2, 0.25) is 0 Å². The minimum Gasteiger partial charge on any atom is -0.362 e. The summed E-state index contributed by atoms with van der Waals surface area (Å²) >= 11 is 5.77. The van der Waals surface area contributed by atoms with Crippen LogP contribution < -0.4 is 0 Å². The Morgan fingerprint density at radius 1 is 1.29 bits per heavy atom. The molecule has 2 aliphatic rings. The largest absolute Gasteiger partial charge is 0.406 e. The van der Waals surface area contributed by atoms with E-state index in [2.05, 4.69) is 15.2 Å². The molecule has 0 radical (unpaired) electrons. The lowest BCUT2D eigenvalue weighted by Crippen LogP contribution is -2.38. The maximum Gasteiger partial charge on any atom is 0.406 e. The maximum absolute atomic E-state index is 13.1. The van der Waals surface area contributed by atoms with Crippen molar-refractivity contribution in [3.8, 4) is 0 Å². The summed E-state index contributed by atoms with van der Waals surface area (Å²) in [4.78, 5) is 17.0. The van der Waals surface area contributed by atoms with Crippen molar-refractivity contribution < 1.29 is 18.0 Å². The highest BCUT2D eigenvalue weighted by Crippen LogP contribution is 2.39. The van der Waals surface area contributed by atoms with Crippen LogP contribution in [0.25, 0.3) is 0 Å². The first-order valence-corrected chi connectivity index (χ1v) is 6.35. The topological polar surface area (TPSA) is 57.9 Å². The highest BCUT2D eigenvalue weighted by atomic mass is 35.5. The van der Waals surface area contributed by atoms with Crippen molar-refractivity contribution >= 4 is 17.5 Å². The van der Waals surface area contributed by atoms with E-state index in [1.54, 1.807) is 12.1 Å². The van der Waals surface area contributed by atoms with Crippen LogP contribution >= 0.6 is 11.6 Å². The molecule has 0 aromatic carbocycles. The number of azo groups is 1. The Kier molecular flexibility index (Phi) is 3.20. The molecular weight excluding hydrogens is 309 g/mol. The molecule has 0 saturated carbocycles. The number of alkyl halides is 3. The first kappa shape index (κ1) is 14.0. The second kappa shape index (κ2) is 4.80. The van der Waals surface area contributed by atoms with Crippen molar-refractivity contribution in [1.29, 1.82) is 0 Å². The predicted molar refractivity (Wildman–Crippen MR) is 66.0 cm³/mol. The van der Waals surface area contributed by atoms with Crippen molar-refractivity contribution in [2.75, 3.05) is 0 Å². The third-order valence-electron chi connectivity index (χ3n) is 3.32. The van der Waals surface area contributed by atoms with Crippen LogP contribution in [0.5, 0.6) is 0 Å². The fourth-order valence-corrected chi connectivity index (χ4v) is 2.55. The van der Waals surface area contributed by atoms with Gasteiger partial charge in [0.05, 0.1) is 24.1 Å². The molecular formula is C12H8ClF3N4O. The maximum atomic E-state index is 13.1. The van der Waals surface area contributed by atoms with Gasteiger partial charge in [0.25, 0.3) is 5.91 Å². The molecule has 1 atom stereocenters. The number of hydrogen-bond acceptors (Lipinski definition) is 4. The Hall–Kier alpha value is -1.96. The standard InChI is InChI=1S/C12H8ClF3N4O/c13-9-2-1-6-4-20(5-7(6)18-9)8-3-17-19-11(21)10(8)12(14,15)16/h1-3,10H,4-5H2. The second-order valence-corrected chi connectivity index (χ2v) is 5.07. The van der Waals surface area contributed by atoms with Gasteiger partial charge in [-0.3, -0.25) is 4.79 Å². The molecule has 9 heteroatoms. The summed E-state index contributed by atoms with van der Waals surface area (Å²) in [7, 11) is 0. The van der Waals surface area contributed by atoms with Gasteiger partial charge in [0.15, 0.2) is 5.92 Å². The van der Waals surface area contributed by atoms with Gasteiger partial charge in [-0.25, -0.2) is 4.98 Å². The third kappa shape index (κ3) is 2.51. The zero-order valence-electron chi connectivity index (χ0n) is 10.4. The second-order valence-electron chi connectivity index (χ2n) is 4.68. The van der Waals surface area contributed by atoms with Crippen LogP contribution in [-0.4, -0.2) is 22.0 Å². The summed E-state index contributed by atoms with van der Waals surface area (Å²) < 4.78 is 39.2. The highest BCUT2D eigenvalue weighted by molar-refractivity contribution is 6.29. The van der Waals surface area contributed by atoms with Crippen molar-refractivity contribution in [1.82, 2.24) is 9.88 Å². The zero-order chi connectivity index (χ0) is 15.2. The summed E-state index contributed by atoms with van der Waals surface area (Å²) in [5.74, 6) is -3.58. The van der Waals surface area contributed by atoms with Crippen molar-refractivity contribution in [2.24, 2.45) is 16.1 Å². The van der Waals surface area contributed by atoms with E-state index < -0.39 is 18.0 Å². The quantitative estimate of drug-likeness (QED) is 0.748. The Morgan fingerprint density at radius 2 is 2.05 bits per heavy atom. The van der Waals surface area contributed by atoms with Crippen LogP contribution in [-0.2, 0) is 17.9 Å². The molecule has 3 rings (SSSR count). The van der Waals surface area contributed by atoms with E-state index in [9.17, 15) is 18.0 Å². The summed E-state index contributed by atoms with van der Waals surface area (Å²) in [6, 6.07) is 3.28. The van der Waals surface area contributed by atoms with E-state index in [4.69, 9.17) is 11.6 Å². The molecule has 1 amide bonds. The number of amides is 1. The highest BCUT2D eigenvalue weighted by Gasteiger charge is 2.50. The van der Waals surface area contributed by atoms with E-state index in [1.165, 1.54) is 4.90 Å². The Balaban J connectivity index is 1.92. The van der Waals surface area contributed by atoms with Gasteiger partial charge in [-0.15, -0.1) is 5.11 Å². The first-order valence-electron chi connectivity index (χ1n) is 5.97. The molecule has 2 aliphatic heterocycles. The van der Waals surface area contributed by atoms with Gasteiger partial charge >= 0.3 is 6.18 Å². The van der Waals surface area contributed by atoms with E-state index in [0.717, 1.165) is 11.8 Å². The summed E-state index contributed by atoms with van der Waals surface area (Å²) in [5.41, 5.74) is 1.16. The van der Waals surface area contributed by atoms with E-state index in [0.29, 0.717) is 5.69 Å². The smallest absolute Gasteiger partial charge is 0.362 e. The fraction of sp³-hybridized carbons (Fsp3) is 0.333. The predicted octanol–water partition coefficient (Wildman–Crippen LogP) is 3.06. The number of halogens is 4. The van der Waals surface area contributed by atoms with Gasteiger partial charge in [0.1, 0.15) is 5.15 Å². The number of rotatable bonds is 1. The van der Waals surface area contributed by atoms with Crippen LogP contribution in [0.15, 0.2) is 34.3 Å². The van der Waals surface area contributed by atoms with Crippen LogP contribution in [0.3, 0.4) is 0 Å². The Bertz CT molecular complexity index is 671. The molecule has 1 aromatic rings. The number of carbonyl (C=O) groups excluding carboxylic acids is 1. The van der Waals surface area contributed by atoms with Gasteiger partial charge in [-0.2, -0.15) is 18.3 Å². The molecule has 0 N–H and O–H groups in total. The van der Waals surface area contributed by atoms with Crippen molar-refractivity contribution in [3.05, 3.63) is 40.4 Å². The summed E-state index contributed by atoms with van der Waals surface area (Å²) in [6.07, 6.45) is -3.73. The molecule has 0 bridgehead atoms.